The van der Waals surface area contributed by atoms with Gasteiger partial charge in [0.2, 0.25) is 0 Å². The number of benzene rings is 3. The van der Waals surface area contributed by atoms with Gasteiger partial charge in [-0.1, -0.05) is 111 Å². The molecule has 0 amide bonds. The van der Waals surface area contributed by atoms with E-state index in [4.69, 9.17) is 0 Å². The van der Waals surface area contributed by atoms with E-state index in [1.807, 2.05) is 6.92 Å². The fraction of sp³-hybridized carbons (Fsp3) is 0.357. The monoisotopic (exact) mass is 401 g/mol. The Morgan fingerprint density at radius 1 is 0.733 bits per heavy atom. The molecule has 1 N–H and O–H groups in total. The third-order valence-electron chi connectivity index (χ3n) is 5.92. The molecule has 3 rings (SSSR count). The lowest BCUT2D eigenvalue weighted by molar-refractivity contribution is -0.0477. The maximum atomic E-state index is 11.7. The second kappa shape index (κ2) is 11.1. The molecular weight excluding hydrogens is 366 g/mol. The minimum Gasteiger partial charge on any atom is -0.389 e. The van der Waals surface area contributed by atoms with E-state index in [0.717, 1.165) is 38.8 Å². The van der Waals surface area contributed by atoms with Crippen molar-refractivity contribution in [2.45, 2.75) is 64.3 Å². The third kappa shape index (κ3) is 6.55. The summed E-state index contributed by atoms with van der Waals surface area (Å²) in [6, 6.07) is 31.8. The van der Waals surface area contributed by atoms with Gasteiger partial charge in [-0.25, -0.2) is 0 Å². The van der Waals surface area contributed by atoms with Gasteiger partial charge in [-0.2, -0.15) is 0 Å². The molecule has 0 spiro atoms. The van der Waals surface area contributed by atoms with E-state index in [9.17, 15) is 5.11 Å². The van der Waals surface area contributed by atoms with Crippen LogP contribution in [0.2, 0.25) is 0 Å². The molecular formula is C28H35NO. The summed E-state index contributed by atoms with van der Waals surface area (Å²) in [4.78, 5) is 2.47. The van der Waals surface area contributed by atoms with Crippen molar-refractivity contribution in [2.24, 2.45) is 0 Å². The Bertz CT molecular complexity index is 804. The van der Waals surface area contributed by atoms with Crippen LogP contribution in [-0.2, 0) is 19.5 Å². The number of hydrogen-bond acceptors (Lipinski definition) is 2. The second-order valence-electron chi connectivity index (χ2n) is 8.54. The minimum absolute atomic E-state index is 0.0202. The molecule has 3 aromatic carbocycles. The Kier molecular flexibility index (Phi) is 8.24. The topological polar surface area (TPSA) is 23.5 Å². The van der Waals surface area contributed by atoms with Gasteiger partial charge in [-0.15, -0.1) is 0 Å². The van der Waals surface area contributed by atoms with Gasteiger partial charge in [-0.05, 0) is 36.5 Å². The highest BCUT2D eigenvalue weighted by Crippen LogP contribution is 2.28. The molecule has 0 saturated heterocycles. The molecule has 158 valence electrons. The van der Waals surface area contributed by atoms with Gasteiger partial charge in [0.05, 0.1) is 5.60 Å². The SMILES string of the molecule is CCCC[C@@](C)(O)[C@H](Cc1ccccc1)N(Cc1ccccc1)Cc1ccccc1. The zero-order chi connectivity index (χ0) is 21.2. The summed E-state index contributed by atoms with van der Waals surface area (Å²) in [5.41, 5.74) is 3.05. The number of unbranched alkanes of at least 4 members (excludes halogenated alkanes) is 1. The molecule has 0 unspecified atom stereocenters. The average molecular weight is 402 g/mol. The van der Waals surface area contributed by atoms with Crippen molar-refractivity contribution in [3.05, 3.63) is 108 Å². The Hall–Kier alpha value is -2.42. The summed E-state index contributed by atoms with van der Waals surface area (Å²) in [6.07, 6.45) is 3.76. The smallest absolute Gasteiger partial charge is 0.0777 e. The Morgan fingerprint density at radius 2 is 1.17 bits per heavy atom. The lowest BCUT2D eigenvalue weighted by atomic mass is 9.84. The quantitative estimate of drug-likeness (QED) is 0.411. The number of hydrogen-bond donors (Lipinski definition) is 1. The summed E-state index contributed by atoms with van der Waals surface area (Å²) >= 11 is 0. The number of nitrogens with zero attached hydrogens (tertiary/aromatic N) is 1. The van der Waals surface area contributed by atoms with Crippen LogP contribution in [0, 0.1) is 0 Å². The Morgan fingerprint density at radius 3 is 1.60 bits per heavy atom. The van der Waals surface area contributed by atoms with Gasteiger partial charge < -0.3 is 5.11 Å². The Balaban J connectivity index is 1.94. The van der Waals surface area contributed by atoms with Crippen LogP contribution in [0.5, 0.6) is 0 Å². The fourth-order valence-electron chi connectivity index (χ4n) is 4.19. The van der Waals surface area contributed by atoms with Crippen molar-refractivity contribution in [3.8, 4) is 0 Å². The van der Waals surface area contributed by atoms with Crippen molar-refractivity contribution < 1.29 is 5.11 Å². The molecule has 0 bridgehead atoms. The zero-order valence-electron chi connectivity index (χ0n) is 18.4. The normalized spacial score (nSPS) is 14.4. The summed E-state index contributed by atoms with van der Waals surface area (Å²) < 4.78 is 0. The maximum Gasteiger partial charge on any atom is 0.0777 e. The molecule has 0 aliphatic heterocycles. The van der Waals surface area contributed by atoms with Gasteiger partial charge in [0.25, 0.3) is 0 Å². The van der Waals surface area contributed by atoms with Crippen molar-refractivity contribution in [1.29, 1.82) is 0 Å². The molecule has 2 nitrogen and oxygen atoms in total. The second-order valence-corrected chi connectivity index (χ2v) is 8.54. The van der Waals surface area contributed by atoms with Crippen LogP contribution in [0.1, 0.15) is 49.8 Å². The number of aliphatic hydroxyl groups is 1. The van der Waals surface area contributed by atoms with Crippen LogP contribution in [-0.4, -0.2) is 21.6 Å². The molecule has 2 atom stereocenters. The standard InChI is InChI=1S/C28H35NO/c1-3-4-20-28(2,30)27(21-24-14-8-5-9-15-24)29(22-25-16-10-6-11-17-25)23-26-18-12-7-13-19-26/h5-19,27,30H,3-4,20-23H2,1-2H3/t27-,28+/m0/s1. The zero-order valence-corrected chi connectivity index (χ0v) is 18.4. The van der Waals surface area contributed by atoms with E-state index in [0.29, 0.717) is 0 Å². The molecule has 0 aliphatic rings. The molecule has 0 fully saturated rings. The molecule has 0 heterocycles. The lowest BCUT2D eigenvalue weighted by Crippen LogP contribution is -2.51. The van der Waals surface area contributed by atoms with Crippen LogP contribution >= 0.6 is 0 Å². The van der Waals surface area contributed by atoms with Gasteiger partial charge in [-0.3, -0.25) is 4.90 Å². The first kappa shape index (κ1) is 22.3. The molecule has 30 heavy (non-hydrogen) atoms. The van der Waals surface area contributed by atoms with Gasteiger partial charge in [0, 0.05) is 19.1 Å². The maximum absolute atomic E-state index is 11.7. The van der Waals surface area contributed by atoms with Gasteiger partial charge >= 0.3 is 0 Å². The number of rotatable bonds is 11. The van der Waals surface area contributed by atoms with E-state index in [-0.39, 0.29) is 6.04 Å². The van der Waals surface area contributed by atoms with Gasteiger partial charge in [0.1, 0.15) is 0 Å². The van der Waals surface area contributed by atoms with Crippen LogP contribution in [0.25, 0.3) is 0 Å². The molecule has 3 aromatic rings. The summed E-state index contributed by atoms with van der Waals surface area (Å²) in [5.74, 6) is 0. The third-order valence-corrected chi connectivity index (χ3v) is 5.92. The molecule has 0 aliphatic carbocycles. The lowest BCUT2D eigenvalue weighted by Gasteiger charge is -2.42. The molecule has 0 aromatic heterocycles. The van der Waals surface area contributed by atoms with Crippen molar-refractivity contribution >= 4 is 0 Å². The van der Waals surface area contributed by atoms with Crippen molar-refractivity contribution in [2.75, 3.05) is 0 Å². The van der Waals surface area contributed by atoms with E-state index in [1.165, 1.54) is 16.7 Å². The van der Waals surface area contributed by atoms with E-state index in [2.05, 4.69) is 103 Å². The molecule has 2 heteroatoms. The van der Waals surface area contributed by atoms with Crippen LogP contribution in [0.3, 0.4) is 0 Å². The largest absolute Gasteiger partial charge is 0.389 e. The Labute approximate surface area is 182 Å². The molecule has 0 radical (unpaired) electrons. The summed E-state index contributed by atoms with van der Waals surface area (Å²) in [7, 11) is 0. The highest BCUT2D eigenvalue weighted by atomic mass is 16.3. The predicted octanol–water partition coefficient (Wildman–Crippen LogP) is 6.24. The van der Waals surface area contributed by atoms with E-state index >= 15 is 0 Å². The predicted molar refractivity (Wildman–Crippen MR) is 126 cm³/mol. The van der Waals surface area contributed by atoms with Crippen LogP contribution in [0.15, 0.2) is 91.0 Å². The highest BCUT2D eigenvalue weighted by Gasteiger charge is 2.36. The first-order chi connectivity index (χ1) is 14.6. The first-order valence-electron chi connectivity index (χ1n) is 11.2. The fourth-order valence-corrected chi connectivity index (χ4v) is 4.19. The van der Waals surface area contributed by atoms with Crippen LogP contribution < -0.4 is 0 Å². The van der Waals surface area contributed by atoms with E-state index < -0.39 is 5.60 Å². The average Bonchev–Trinajstić information content (AvgIpc) is 2.78. The van der Waals surface area contributed by atoms with Crippen molar-refractivity contribution in [1.82, 2.24) is 4.90 Å². The minimum atomic E-state index is -0.768. The summed E-state index contributed by atoms with van der Waals surface area (Å²) in [5, 5.41) is 11.7. The highest BCUT2D eigenvalue weighted by molar-refractivity contribution is 5.20. The first-order valence-corrected chi connectivity index (χ1v) is 11.2. The van der Waals surface area contributed by atoms with Crippen molar-refractivity contribution in [3.63, 3.8) is 0 Å². The van der Waals surface area contributed by atoms with Gasteiger partial charge in [0.15, 0.2) is 0 Å². The van der Waals surface area contributed by atoms with Crippen LogP contribution in [0.4, 0.5) is 0 Å². The summed E-state index contributed by atoms with van der Waals surface area (Å²) in [6.45, 7) is 5.85. The molecule has 0 saturated carbocycles. The van der Waals surface area contributed by atoms with E-state index in [1.54, 1.807) is 0 Å².